The van der Waals surface area contributed by atoms with Crippen molar-refractivity contribution in [1.82, 2.24) is 4.57 Å². The Hall–Kier alpha value is -4.10. The molecule has 0 aliphatic rings. The topological polar surface area (TPSA) is 77.7 Å². The maximum atomic E-state index is 12.9. The molecule has 0 saturated carbocycles. The van der Waals surface area contributed by atoms with Crippen LogP contribution in [0.25, 0.3) is 10.2 Å². The van der Waals surface area contributed by atoms with E-state index in [0.29, 0.717) is 40.2 Å². The minimum Gasteiger partial charge on any atom is -0.462 e. The summed E-state index contributed by atoms with van der Waals surface area (Å²) in [4.78, 5) is 42.4. The Morgan fingerprint density at radius 3 is 2.26 bits per heavy atom. The van der Waals surface area contributed by atoms with Gasteiger partial charge in [-0.25, -0.2) is 4.79 Å². The number of esters is 1. The van der Waals surface area contributed by atoms with Gasteiger partial charge < -0.3 is 9.30 Å². The lowest BCUT2D eigenvalue weighted by molar-refractivity contribution is 0.0526. The Morgan fingerprint density at radius 1 is 0.941 bits per heavy atom. The Kier molecular flexibility index (Phi) is 6.94. The molecule has 3 aromatic carbocycles. The second kappa shape index (κ2) is 10.2. The van der Waals surface area contributed by atoms with Crippen LogP contribution in [0.5, 0.6) is 0 Å². The molecule has 6 nitrogen and oxygen atoms in total. The van der Waals surface area contributed by atoms with Gasteiger partial charge in [-0.3, -0.25) is 9.59 Å². The number of ketones is 1. The fourth-order valence-corrected chi connectivity index (χ4v) is 4.55. The van der Waals surface area contributed by atoms with Crippen molar-refractivity contribution in [1.29, 1.82) is 0 Å². The van der Waals surface area contributed by atoms with Crippen LogP contribution in [-0.2, 0) is 11.3 Å². The minimum atomic E-state index is -0.423. The molecule has 0 N–H and O–H groups in total. The van der Waals surface area contributed by atoms with Gasteiger partial charge in [0.05, 0.1) is 22.4 Å². The van der Waals surface area contributed by atoms with Crippen LogP contribution in [0.15, 0.2) is 90.4 Å². The predicted molar refractivity (Wildman–Crippen MR) is 132 cm³/mol. The molecule has 1 amide bonds. The van der Waals surface area contributed by atoms with Crippen LogP contribution in [0.3, 0.4) is 0 Å². The molecule has 0 bridgehead atoms. The van der Waals surface area contributed by atoms with Gasteiger partial charge in [0.15, 0.2) is 10.6 Å². The second-order valence-corrected chi connectivity index (χ2v) is 8.39. The van der Waals surface area contributed by atoms with Crippen molar-refractivity contribution in [2.24, 2.45) is 4.99 Å². The van der Waals surface area contributed by atoms with Crippen LogP contribution in [0.4, 0.5) is 0 Å². The smallest absolute Gasteiger partial charge is 0.338 e. The van der Waals surface area contributed by atoms with Crippen molar-refractivity contribution in [3.8, 4) is 0 Å². The van der Waals surface area contributed by atoms with Gasteiger partial charge >= 0.3 is 5.97 Å². The van der Waals surface area contributed by atoms with Crippen LogP contribution in [-0.4, -0.2) is 28.8 Å². The molecule has 1 heterocycles. The van der Waals surface area contributed by atoms with Crippen molar-refractivity contribution >= 4 is 39.2 Å². The van der Waals surface area contributed by atoms with Crippen LogP contribution < -0.4 is 4.80 Å². The van der Waals surface area contributed by atoms with E-state index in [1.54, 1.807) is 61.5 Å². The zero-order valence-corrected chi connectivity index (χ0v) is 19.4. The number of amides is 1. The lowest BCUT2D eigenvalue weighted by Gasteiger charge is -2.04. The number of aromatic nitrogens is 1. The van der Waals surface area contributed by atoms with E-state index in [4.69, 9.17) is 4.74 Å². The number of hydrogen-bond acceptors (Lipinski definition) is 5. The maximum Gasteiger partial charge on any atom is 0.338 e. The van der Waals surface area contributed by atoms with Gasteiger partial charge in [-0.2, -0.15) is 4.99 Å². The molecule has 4 aromatic rings. The standard InChI is InChI=1S/C27H22N2O4S/c1-3-16-29-22-15-14-21(26(32)33-4-2)17-23(22)34-27(29)28-25(31)20-12-10-19(11-13-20)24(30)18-8-6-5-7-9-18/h3,5-15,17H,1,4,16H2,2H3. The molecule has 7 heteroatoms. The Bertz CT molecular complexity index is 1450. The normalized spacial score (nSPS) is 11.4. The number of rotatable bonds is 7. The van der Waals surface area contributed by atoms with Crippen LogP contribution in [0, 0.1) is 0 Å². The van der Waals surface area contributed by atoms with Gasteiger partial charge in [-0.05, 0) is 37.3 Å². The summed E-state index contributed by atoms with van der Waals surface area (Å²) in [6.45, 7) is 6.30. The molecule has 0 aliphatic heterocycles. The zero-order chi connectivity index (χ0) is 24.1. The van der Waals surface area contributed by atoms with Crippen LogP contribution in [0.1, 0.15) is 43.6 Å². The summed E-state index contributed by atoms with van der Waals surface area (Å²) >= 11 is 1.31. The monoisotopic (exact) mass is 470 g/mol. The molecule has 4 rings (SSSR count). The largest absolute Gasteiger partial charge is 0.462 e. The SMILES string of the molecule is C=CCn1c(=NC(=O)c2ccc(C(=O)c3ccccc3)cc2)sc2cc(C(=O)OCC)ccc21. The van der Waals surface area contributed by atoms with Crippen molar-refractivity contribution in [3.05, 3.63) is 113 Å². The third kappa shape index (κ3) is 4.79. The second-order valence-electron chi connectivity index (χ2n) is 7.38. The first kappa shape index (κ1) is 23.1. The molecule has 0 unspecified atom stereocenters. The van der Waals surface area contributed by atoms with E-state index in [0.717, 1.165) is 10.2 Å². The summed E-state index contributed by atoms with van der Waals surface area (Å²) in [6.07, 6.45) is 1.72. The molecule has 0 atom stereocenters. The van der Waals surface area contributed by atoms with E-state index < -0.39 is 11.9 Å². The molecule has 1 aromatic heterocycles. The van der Waals surface area contributed by atoms with E-state index in [2.05, 4.69) is 11.6 Å². The minimum absolute atomic E-state index is 0.109. The third-order valence-corrected chi connectivity index (χ3v) is 6.17. The number of benzene rings is 3. The van der Waals surface area contributed by atoms with Crippen LogP contribution >= 0.6 is 11.3 Å². The van der Waals surface area contributed by atoms with E-state index in [1.165, 1.54) is 11.3 Å². The number of hydrogen-bond donors (Lipinski definition) is 0. The summed E-state index contributed by atoms with van der Waals surface area (Å²) in [6, 6.07) is 20.7. The summed E-state index contributed by atoms with van der Waals surface area (Å²) in [7, 11) is 0. The fourth-order valence-electron chi connectivity index (χ4n) is 3.48. The number of carbonyl (C=O) groups is 3. The van der Waals surface area contributed by atoms with Gasteiger partial charge in [0.2, 0.25) is 0 Å². The zero-order valence-electron chi connectivity index (χ0n) is 18.6. The van der Waals surface area contributed by atoms with Crippen molar-refractivity contribution in [2.75, 3.05) is 6.61 Å². The highest BCUT2D eigenvalue weighted by Gasteiger charge is 2.14. The number of carbonyl (C=O) groups excluding carboxylic acids is 3. The molecular formula is C27H22N2O4S. The van der Waals surface area contributed by atoms with Gasteiger partial charge in [0, 0.05) is 23.2 Å². The summed E-state index contributed by atoms with van der Waals surface area (Å²) in [5, 5.41) is 0. The molecule has 0 fully saturated rings. The molecule has 0 saturated heterocycles. The first-order valence-electron chi connectivity index (χ1n) is 10.7. The molecule has 0 spiro atoms. The predicted octanol–water partition coefficient (Wildman–Crippen LogP) is 5.04. The molecule has 0 aliphatic carbocycles. The molecule has 0 radical (unpaired) electrons. The van der Waals surface area contributed by atoms with E-state index in [9.17, 15) is 14.4 Å². The fraction of sp³-hybridized carbons (Fsp3) is 0.111. The van der Waals surface area contributed by atoms with Crippen molar-refractivity contribution in [2.45, 2.75) is 13.5 Å². The van der Waals surface area contributed by atoms with E-state index in [-0.39, 0.29) is 5.78 Å². The number of thiazole rings is 1. The first-order chi connectivity index (χ1) is 16.5. The first-order valence-corrected chi connectivity index (χ1v) is 11.5. The number of fused-ring (bicyclic) bond motifs is 1. The average Bonchev–Trinajstić information content (AvgIpc) is 3.20. The van der Waals surface area contributed by atoms with Crippen LogP contribution in [0.2, 0.25) is 0 Å². The highest BCUT2D eigenvalue weighted by Crippen LogP contribution is 2.20. The summed E-state index contributed by atoms with van der Waals surface area (Å²) < 4.78 is 7.76. The van der Waals surface area contributed by atoms with E-state index >= 15 is 0 Å². The van der Waals surface area contributed by atoms with Gasteiger partial charge in [-0.15, -0.1) is 6.58 Å². The Labute approximate surface area is 200 Å². The molecule has 34 heavy (non-hydrogen) atoms. The average molecular weight is 471 g/mol. The lowest BCUT2D eigenvalue weighted by Crippen LogP contribution is -2.16. The number of nitrogens with zero attached hydrogens (tertiary/aromatic N) is 2. The van der Waals surface area contributed by atoms with Gasteiger partial charge in [-0.1, -0.05) is 59.9 Å². The van der Waals surface area contributed by atoms with Crippen molar-refractivity contribution < 1.29 is 19.1 Å². The lowest BCUT2D eigenvalue weighted by atomic mass is 10.0. The highest BCUT2D eigenvalue weighted by atomic mass is 32.1. The summed E-state index contributed by atoms with van der Waals surface area (Å²) in [5.41, 5.74) is 2.74. The molecular weight excluding hydrogens is 448 g/mol. The number of allylic oxidation sites excluding steroid dienone is 1. The molecule has 170 valence electrons. The highest BCUT2D eigenvalue weighted by molar-refractivity contribution is 7.16. The van der Waals surface area contributed by atoms with E-state index in [1.807, 2.05) is 28.8 Å². The van der Waals surface area contributed by atoms with Crippen molar-refractivity contribution in [3.63, 3.8) is 0 Å². The summed E-state index contributed by atoms with van der Waals surface area (Å²) in [5.74, 6) is -0.927. The maximum absolute atomic E-state index is 12.9. The van der Waals surface area contributed by atoms with Gasteiger partial charge in [0.25, 0.3) is 5.91 Å². The van der Waals surface area contributed by atoms with Gasteiger partial charge in [0.1, 0.15) is 0 Å². The Balaban J connectivity index is 1.66. The quantitative estimate of drug-likeness (QED) is 0.215. The Morgan fingerprint density at radius 2 is 1.59 bits per heavy atom. The third-order valence-electron chi connectivity index (χ3n) is 5.13. The number of ether oxygens (including phenoxy) is 1.